The van der Waals surface area contributed by atoms with Gasteiger partial charge in [0.1, 0.15) is 0 Å². The van der Waals surface area contributed by atoms with Crippen molar-refractivity contribution in [2.75, 3.05) is 0 Å². The number of hydrogen-bond acceptors (Lipinski definition) is 6. The number of nitrogens with zero attached hydrogens (tertiary/aromatic N) is 4. The van der Waals surface area contributed by atoms with Crippen molar-refractivity contribution in [2.24, 2.45) is 14.1 Å². The molecule has 5 rings (SSSR count). The van der Waals surface area contributed by atoms with Gasteiger partial charge in [0, 0.05) is 42.9 Å². The van der Waals surface area contributed by atoms with Crippen molar-refractivity contribution < 1.29 is 9.72 Å². The van der Waals surface area contributed by atoms with Gasteiger partial charge in [0.25, 0.3) is 11.2 Å². The summed E-state index contributed by atoms with van der Waals surface area (Å²) >= 11 is 0. The van der Waals surface area contributed by atoms with Crippen LogP contribution in [0.4, 0.5) is 5.69 Å². The summed E-state index contributed by atoms with van der Waals surface area (Å²) in [6, 6.07) is 12.6. The van der Waals surface area contributed by atoms with E-state index in [2.05, 4.69) is 4.98 Å². The number of carbonyl (C=O) groups is 1. The zero-order valence-electron chi connectivity index (χ0n) is 16.4. The lowest BCUT2D eigenvalue weighted by molar-refractivity contribution is -0.384. The number of fused-ring (bicyclic) bond motifs is 4. The van der Waals surface area contributed by atoms with Crippen LogP contribution in [0.15, 0.2) is 58.1 Å². The Kier molecular flexibility index (Phi) is 3.78. The third-order valence-electron chi connectivity index (χ3n) is 5.61. The standard InChI is InChI=1S/C22H14N4O5/c1-24-20-17(21(28)25(2)22(24)29)15(11-7-9-12(10-8-11)26(30)31)16-18(23-20)13-5-3-4-6-14(13)19(16)27/h3-10H,1-2H3. The second-order valence-corrected chi connectivity index (χ2v) is 7.29. The molecule has 9 nitrogen and oxygen atoms in total. The van der Waals surface area contributed by atoms with Gasteiger partial charge in [0.15, 0.2) is 11.4 Å². The van der Waals surface area contributed by atoms with Crippen LogP contribution in [-0.4, -0.2) is 24.8 Å². The summed E-state index contributed by atoms with van der Waals surface area (Å²) in [6.45, 7) is 0. The number of nitro benzene ring substituents is 1. The molecule has 152 valence electrons. The summed E-state index contributed by atoms with van der Waals surface area (Å²) < 4.78 is 2.22. The number of hydrogen-bond donors (Lipinski definition) is 0. The fourth-order valence-electron chi connectivity index (χ4n) is 4.07. The van der Waals surface area contributed by atoms with Crippen molar-refractivity contribution in [2.45, 2.75) is 0 Å². The summed E-state index contributed by atoms with van der Waals surface area (Å²) in [6.07, 6.45) is 0. The van der Waals surface area contributed by atoms with E-state index in [9.17, 15) is 24.5 Å². The van der Waals surface area contributed by atoms with Crippen LogP contribution in [0, 0.1) is 10.1 Å². The molecular formula is C22H14N4O5. The Bertz CT molecular complexity index is 1580. The zero-order chi connectivity index (χ0) is 22.0. The highest BCUT2D eigenvalue weighted by Gasteiger charge is 2.34. The first-order valence-corrected chi connectivity index (χ1v) is 9.34. The van der Waals surface area contributed by atoms with Crippen LogP contribution in [0.1, 0.15) is 15.9 Å². The lowest BCUT2D eigenvalue weighted by atomic mass is 9.95. The number of ketones is 1. The van der Waals surface area contributed by atoms with Gasteiger partial charge in [0.2, 0.25) is 0 Å². The zero-order valence-corrected chi connectivity index (χ0v) is 16.4. The van der Waals surface area contributed by atoms with Crippen molar-refractivity contribution in [3.05, 3.63) is 90.6 Å². The van der Waals surface area contributed by atoms with Crippen LogP contribution >= 0.6 is 0 Å². The quantitative estimate of drug-likeness (QED) is 0.323. The molecule has 9 heteroatoms. The average molecular weight is 414 g/mol. The average Bonchev–Trinajstić information content (AvgIpc) is 3.07. The highest BCUT2D eigenvalue weighted by molar-refractivity contribution is 6.26. The van der Waals surface area contributed by atoms with E-state index < -0.39 is 16.2 Å². The minimum Gasteiger partial charge on any atom is -0.288 e. The van der Waals surface area contributed by atoms with Gasteiger partial charge in [-0.25, -0.2) is 9.78 Å². The highest BCUT2D eigenvalue weighted by Crippen LogP contribution is 2.42. The number of benzene rings is 2. The second-order valence-electron chi connectivity index (χ2n) is 7.29. The molecule has 0 unspecified atom stereocenters. The van der Waals surface area contributed by atoms with Crippen LogP contribution in [0.25, 0.3) is 33.4 Å². The molecular weight excluding hydrogens is 400 g/mol. The molecule has 0 atom stereocenters. The Morgan fingerprint density at radius 3 is 2.16 bits per heavy atom. The maximum atomic E-state index is 13.3. The first-order chi connectivity index (χ1) is 14.8. The van der Waals surface area contributed by atoms with Gasteiger partial charge in [-0.15, -0.1) is 0 Å². The number of rotatable bonds is 2. The van der Waals surface area contributed by atoms with Gasteiger partial charge in [0.05, 0.1) is 21.6 Å². The van der Waals surface area contributed by atoms with Gasteiger partial charge in [-0.2, -0.15) is 0 Å². The van der Waals surface area contributed by atoms with E-state index in [1.165, 1.54) is 42.9 Å². The summed E-state index contributed by atoms with van der Waals surface area (Å²) in [5.74, 6) is -0.288. The van der Waals surface area contributed by atoms with Crippen LogP contribution in [-0.2, 0) is 14.1 Å². The van der Waals surface area contributed by atoms with E-state index in [-0.39, 0.29) is 28.1 Å². The lowest BCUT2D eigenvalue weighted by Gasteiger charge is -2.14. The molecule has 2 aromatic heterocycles. The highest BCUT2D eigenvalue weighted by atomic mass is 16.6. The van der Waals surface area contributed by atoms with E-state index in [0.717, 1.165) is 4.57 Å². The first kappa shape index (κ1) is 18.6. The molecule has 0 fully saturated rings. The van der Waals surface area contributed by atoms with Gasteiger partial charge in [-0.1, -0.05) is 24.3 Å². The lowest BCUT2D eigenvalue weighted by Crippen LogP contribution is -2.37. The first-order valence-electron chi connectivity index (χ1n) is 9.34. The fourth-order valence-corrected chi connectivity index (χ4v) is 4.07. The summed E-state index contributed by atoms with van der Waals surface area (Å²) in [5.41, 5.74) is 1.34. The van der Waals surface area contributed by atoms with E-state index in [4.69, 9.17) is 0 Å². The Balaban J connectivity index is 2.01. The van der Waals surface area contributed by atoms with Crippen molar-refractivity contribution in [3.8, 4) is 22.4 Å². The van der Waals surface area contributed by atoms with E-state index in [1.54, 1.807) is 24.3 Å². The van der Waals surface area contributed by atoms with Gasteiger partial charge >= 0.3 is 5.69 Å². The third kappa shape index (κ3) is 2.43. The van der Waals surface area contributed by atoms with E-state index >= 15 is 0 Å². The largest absolute Gasteiger partial charge is 0.332 e. The van der Waals surface area contributed by atoms with Crippen molar-refractivity contribution in [1.82, 2.24) is 14.1 Å². The molecule has 4 aromatic rings. The van der Waals surface area contributed by atoms with Crippen LogP contribution < -0.4 is 11.2 Å². The van der Waals surface area contributed by atoms with Crippen molar-refractivity contribution >= 4 is 22.5 Å². The topological polar surface area (TPSA) is 117 Å². The number of nitro groups is 1. The number of aromatic nitrogens is 3. The maximum Gasteiger partial charge on any atom is 0.332 e. The minimum atomic E-state index is -0.592. The molecule has 1 aliphatic carbocycles. The molecule has 0 N–H and O–H groups in total. The molecule has 0 spiro atoms. The monoisotopic (exact) mass is 414 g/mol. The predicted molar refractivity (Wildman–Crippen MR) is 113 cm³/mol. The summed E-state index contributed by atoms with van der Waals surface area (Å²) in [4.78, 5) is 54.1. The Morgan fingerprint density at radius 2 is 1.52 bits per heavy atom. The van der Waals surface area contributed by atoms with Crippen molar-refractivity contribution in [1.29, 1.82) is 0 Å². The maximum absolute atomic E-state index is 13.3. The summed E-state index contributed by atoms with van der Waals surface area (Å²) in [7, 11) is 2.86. The molecule has 0 aliphatic heterocycles. The van der Waals surface area contributed by atoms with Crippen molar-refractivity contribution in [3.63, 3.8) is 0 Å². The fraction of sp³-hybridized carbons (Fsp3) is 0.0909. The van der Waals surface area contributed by atoms with Gasteiger partial charge < -0.3 is 0 Å². The van der Waals surface area contributed by atoms with Gasteiger partial charge in [-0.05, 0) is 17.7 Å². The molecule has 0 radical (unpaired) electrons. The molecule has 0 bridgehead atoms. The van der Waals surface area contributed by atoms with Gasteiger partial charge in [-0.3, -0.25) is 28.8 Å². The summed E-state index contributed by atoms with van der Waals surface area (Å²) in [5, 5.41) is 11.2. The number of non-ortho nitro benzene ring substituents is 1. The Morgan fingerprint density at radius 1 is 0.871 bits per heavy atom. The molecule has 0 saturated carbocycles. The third-order valence-corrected chi connectivity index (χ3v) is 5.61. The smallest absolute Gasteiger partial charge is 0.288 e. The predicted octanol–water partition coefficient (Wildman–Crippen LogP) is 2.42. The van der Waals surface area contributed by atoms with Crippen LogP contribution in [0.5, 0.6) is 0 Å². The van der Waals surface area contributed by atoms with Crippen LogP contribution in [0.2, 0.25) is 0 Å². The molecule has 2 aromatic carbocycles. The minimum absolute atomic E-state index is 0.110. The number of aryl methyl sites for hydroxylation is 1. The molecule has 31 heavy (non-hydrogen) atoms. The van der Waals surface area contributed by atoms with E-state index in [0.29, 0.717) is 27.9 Å². The second kappa shape index (κ2) is 6.30. The molecule has 2 heterocycles. The Labute approximate surface area is 174 Å². The molecule has 0 saturated heterocycles. The molecule has 1 aliphatic rings. The normalized spacial score (nSPS) is 12.1. The van der Waals surface area contributed by atoms with Crippen LogP contribution in [0.3, 0.4) is 0 Å². The SMILES string of the molecule is Cn1c(=O)c2c(-c3ccc([N+](=O)[O-])cc3)c3c(nc2n(C)c1=O)-c1ccccc1C3=O. The number of carbonyl (C=O) groups excluding carboxylic acids is 1. The molecule has 0 amide bonds. The van der Waals surface area contributed by atoms with E-state index in [1.807, 2.05) is 0 Å². The Hall–Kier alpha value is -4.40. The number of pyridine rings is 1.